The highest BCUT2D eigenvalue weighted by Crippen LogP contribution is 2.27. The minimum Gasteiger partial charge on any atom is -0.394 e. The van der Waals surface area contributed by atoms with E-state index in [0.717, 1.165) is 19.4 Å². The molecule has 0 aromatic carbocycles. The number of unbranched alkanes of at least 4 members (excludes halogenated alkanes) is 18. The summed E-state index contributed by atoms with van der Waals surface area (Å²) in [4.78, 5) is 0. The number of hydrogen-bond donors (Lipinski definition) is 2. The first-order valence-electron chi connectivity index (χ1n) is 14.3. The Morgan fingerprint density at radius 1 is 0.516 bits per heavy atom. The highest BCUT2D eigenvalue weighted by Gasteiger charge is 2.32. The van der Waals surface area contributed by atoms with Crippen LogP contribution < -0.4 is 5.84 Å². The summed E-state index contributed by atoms with van der Waals surface area (Å²) in [5.74, 6) is 6.38. The first-order chi connectivity index (χ1) is 15.2. The third kappa shape index (κ3) is 17.1. The molecule has 0 aliphatic carbocycles. The molecule has 0 aromatic rings. The minimum absolute atomic E-state index is 0.199. The second kappa shape index (κ2) is 23.1. The van der Waals surface area contributed by atoms with Crippen LogP contribution in [0.2, 0.25) is 0 Å². The van der Waals surface area contributed by atoms with Crippen molar-refractivity contribution in [3.8, 4) is 0 Å². The molecule has 0 atom stereocenters. The molecule has 0 aliphatic rings. The highest BCUT2D eigenvalue weighted by molar-refractivity contribution is 4.87. The Morgan fingerprint density at radius 2 is 0.806 bits per heavy atom. The van der Waals surface area contributed by atoms with Crippen LogP contribution in [0.3, 0.4) is 0 Å². The summed E-state index contributed by atoms with van der Waals surface area (Å²) in [6, 6.07) is 0. The van der Waals surface area contributed by atoms with Crippen molar-refractivity contribution in [2.45, 2.75) is 168 Å². The average molecular weight is 441 g/mol. The molecule has 3 nitrogen and oxygen atoms in total. The van der Waals surface area contributed by atoms with Crippen LogP contribution in [0.15, 0.2) is 0 Å². The van der Waals surface area contributed by atoms with Crippen molar-refractivity contribution in [2.24, 2.45) is 5.84 Å². The van der Waals surface area contributed by atoms with Gasteiger partial charge >= 0.3 is 0 Å². The highest BCUT2D eigenvalue weighted by atomic mass is 16.3. The van der Waals surface area contributed by atoms with Crippen molar-refractivity contribution in [1.82, 2.24) is 5.01 Å². The van der Waals surface area contributed by atoms with Crippen LogP contribution >= 0.6 is 0 Å². The Morgan fingerprint density at radius 3 is 1.06 bits per heavy atom. The summed E-state index contributed by atoms with van der Waals surface area (Å²) >= 11 is 0. The van der Waals surface area contributed by atoms with E-state index in [1.54, 1.807) is 0 Å². The standard InChI is InChI=1S/C28H60N2O/c1-4-7-9-11-13-15-17-19-21-23-25-28(27-31,30(29)6-3)26-24-22-20-18-16-14-12-10-8-5-2/h31H,4-27,29H2,1-3H3. The molecule has 0 rings (SSSR count). The van der Waals surface area contributed by atoms with Gasteiger partial charge in [-0.15, -0.1) is 0 Å². The molecule has 188 valence electrons. The second-order valence-electron chi connectivity index (χ2n) is 10.0. The van der Waals surface area contributed by atoms with Gasteiger partial charge in [-0.1, -0.05) is 149 Å². The number of nitrogens with zero attached hydrogens (tertiary/aromatic N) is 1. The molecule has 0 heterocycles. The third-order valence-corrected chi connectivity index (χ3v) is 7.24. The van der Waals surface area contributed by atoms with Crippen molar-refractivity contribution in [3.05, 3.63) is 0 Å². The quantitative estimate of drug-likeness (QED) is 0.0849. The van der Waals surface area contributed by atoms with Gasteiger partial charge in [0.25, 0.3) is 0 Å². The fourth-order valence-electron chi connectivity index (χ4n) is 4.88. The van der Waals surface area contributed by atoms with Gasteiger partial charge in [0, 0.05) is 6.54 Å². The summed E-state index contributed by atoms with van der Waals surface area (Å²) in [5, 5.41) is 12.2. The van der Waals surface area contributed by atoms with Gasteiger partial charge < -0.3 is 5.11 Å². The van der Waals surface area contributed by atoms with Crippen molar-refractivity contribution >= 4 is 0 Å². The van der Waals surface area contributed by atoms with E-state index in [1.165, 1.54) is 128 Å². The summed E-state index contributed by atoms with van der Waals surface area (Å²) in [7, 11) is 0. The first kappa shape index (κ1) is 30.9. The van der Waals surface area contributed by atoms with E-state index >= 15 is 0 Å². The molecule has 0 spiro atoms. The lowest BCUT2D eigenvalue weighted by molar-refractivity contribution is 0.0139. The molecule has 0 unspecified atom stereocenters. The number of aliphatic hydroxyl groups excluding tert-OH is 1. The molecule has 0 bridgehead atoms. The summed E-state index contributed by atoms with van der Waals surface area (Å²) in [6.45, 7) is 7.69. The van der Waals surface area contributed by atoms with Gasteiger partial charge in [0.15, 0.2) is 0 Å². The molecule has 0 aromatic heterocycles. The Balaban J connectivity index is 3.95. The van der Waals surface area contributed by atoms with Crippen molar-refractivity contribution in [3.63, 3.8) is 0 Å². The Labute approximate surface area is 196 Å². The molecule has 3 heteroatoms. The van der Waals surface area contributed by atoms with E-state index in [-0.39, 0.29) is 12.1 Å². The molecule has 0 fully saturated rings. The van der Waals surface area contributed by atoms with Crippen LogP contribution in [0, 0.1) is 0 Å². The zero-order chi connectivity index (χ0) is 23.0. The fourth-order valence-corrected chi connectivity index (χ4v) is 4.88. The minimum atomic E-state index is -0.199. The van der Waals surface area contributed by atoms with E-state index in [0.29, 0.717) is 0 Å². The van der Waals surface area contributed by atoms with Crippen LogP contribution in [-0.2, 0) is 0 Å². The smallest absolute Gasteiger partial charge is 0.0629 e. The van der Waals surface area contributed by atoms with Crippen LogP contribution in [0.1, 0.15) is 162 Å². The normalized spacial score (nSPS) is 12.2. The van der Waals surface area contributed by atoms with Crippen molar-refractivity contribution < 1.29 is 5.11 Å². The third-order valence-electron chi connectivity index (χ3n) is 7.24. The molecule has 0 saturated carbocycles. The molecule has 31 heavy (non-hydrogen) atoms. The van der Waals surface area contributed by atoms with E-state index in [9.17, 15) is 5.11 Å². The number of rotatable bonds is 25. The molecule has 0 amide bonds. The van der Waals surface area contributed by atoms with Crippen LogP contribution in [0.25, 0.3) is 0 Å². The lowest BCUT2D eigenvalue weighted by atomic mass is 9.86. The maximum atomic E-state index is 10.2. The molecule has 0 saturated heterocycles. The van der Waals surface area contributed by atoms with Crippen molar-refractivity contribution in [1.29, 1.82) is 0 Å². The molecular formula is C28H60N2O. The SMILES string of the molecule is CCCCCCCCCCCCC(CO)(CCCCCCCCCCCC)N(N)CC. The predicted octanol–water partition coefficient (Wildman–Crippen LogP) is 8.54. The van der Waals surface area contributed by atoms with E-state index in [1.807, 2.05) is 5.01 Å². The largest absolute Gasteiger partial charge is 0.394 e. The fraction of sp³-hybridized carbons (Fsp3) is 1.00. The monoisotopic (exact) mass is 440 g/mol. The molecular weight excluding hydrogens is 380 g/mol. The van der Waals surface area contributed by atoms with Gasteiger partial charge in [0.1, 0.15) is 0 Å². The zero-order valence-corrected chi connectivity index (χ0v) is 21.9. The summed E-state index contributed by atoms with van der Waals surface area (Å²) < 4.78 is 0. The van der Waals surface area contributed by atoms with E-state index in [4.69, 9.17) is 5.84 Å². The maximum absolute atomic E-state index is 10.2. The number of nitrogens with two attached hydrogens (primary N) is 1. The Bertz CT molecular complexity index is 324. The van der Waals surface area contributed by atoms with Gasteiger partial charge in [0.2, 0.25) is 0 Å². The average Bonchev–Trinajstić information content (AvgIpc) is 2.79. The first-order valence-corrected chi connectivity index (χ1v) is 14.3. The van der Waals surface area contributed by atoms with E-state index < -0.39 is 0 Å². The molecule has 0 radical (unpaired) electrons. The maximum Gasteiger partial charge on any atom is 0.0629 e. The molecule has 0 aliphatic heterocycles. The predicted molar refractivity (Wildman–Crippen MR) is 139 cm³/mol. The second-order valence-corrected chi connectivity index (χ2v) is 10.0. The number of hydrogen-bond acceptors (Lipinski definition) is 3. The van der Waals surface area contributed by atoms with Crippen LogP contribution in [-0.4, -0.2) is 28.8 Å². The van der Waals surface area contributed by atoms with Gasteiger partial charge in [-0.2, -0.15) is 0 Å². The van der Waals surface area contributed by atoms with E-state index in [2.05, 4.69) is 20.8 Å². The Kier molecular flexibility index (Phi) is 23.0. The van der Waals surface area contributed by atoms with Gasteiger partial charge in [-0.05, 0) is 12.8 Å². The van der Waals surface area contributed by atoms with Crippen LogP contribution in [0.4, 0.5) is 0 Å². The molecule has 3 N–H and O–H groups in total. The van der Waals surface area contributed by atoms with Gasteiger partial charge in [0.05, 0.1) is 12.1 Å². The lowest BCUT2D eigenvalue weighted by Crippen LogP contribution is -2.55. The lowest BCUT2D eigenvalue weighted by Gasteiger charge is -2.40. The van der Waals surface area contributed by atoms with Crippen molar-refractivity contribution in [2.75, 3.05) is 13.2 Å². The number of likely N-dealkylation sites (N-methyl/N-ethyl adjacent to an activating group) is 1. The van der Waals surface area contributed by atoms with Gasteiger partial charge in [-0.25, -0.2) is 5.01 Å². The zero-order valence-electron chi connectivity index (χ0n) is 21.9. The van der Waals surface area contributed by atoms with Gasteiger partial charge in [-0.3, -0.25) is 5.84 Å². The number of hydrazine groups is 1. The number of aliphatic hydroxyl groups is 1. The van der Waals surface area contributed by atoms with Crippen LogP contribution in [0.5, 0.6) is 0 Å². The topological polar surface area (TPSA) is 49.5 Å². The Hall–Kier alpha value is -0.120. The summed E-state index contributed by atoms with van der Waals surface area (Å²) in [5.41, 5.74) is -0.199. The summed E-state index contributed by atoms with van der Waals surface area (Å²) in [6.07, 6.45) is 29.2.